The largest absolute Gasteiger partial charge is 0.468 e. The Labute approximate surface area is 130 Å². The molecule has 0 unspecified atom stereocenters. The van der Waals surface area contributed by atoms with Crippen LogP contribution in [-0.4, -0.2) is 32.1 Å². The van der Waals surface area contributed by atoms with Crippen molar-refractivity contribution in [2.24, 2.45) is 5.41 Å². The average molecular weight is 310 g/mol. The first-order chi connectivity index (χ1) is 10.3. The van der Waals surface area contributed by atoms with Gasteiger partial charge >= 0.3 is 17.9 Å². The Bertz CT molecular complexity index is 513. The lowest BCUT2D eigenvalue weighted by atomic mass is 9.70. The van der Waals surface area contributed by atoms with Crippen molar-refractivity contribution in [3.63, 3.8) is 0 Å². The van der Waals surface area contributed by atoms with Crippen LogP contribution in [0.15, 0.2) is 23.5 Å². The zero-order valence-corrected chi connectivity index (χ0v) is 13.5. The van der Waals surface area contributed by atoms with E-state index in [-0.39, 0.29) is 12.8 Å². The molecule has 0 aromatic carbocycles. The standard InChI is InChI=1S/C16H22O6/c1-6-13(22-11(3)17)12-7-8-16(9-10(12)2,14(18)20-4)15(19)21-5/h2,6-9H2,1,3-5H3/b13-12+. The molecule has 1 rings (SSSR count). The molecule has 1 aliphatic rings. The van der Waals surface area contributed by atoms with Gasteiger partial charge in [0.25, 0.3) is 0 Å². The zero-order chi connectivity index (χ0) is 16.9. The summed E-state index contributed by atoms with van der Waals surface area (Å²) in [6, 6.07) is 0. The van der Waals surface area contributed by atoms with Crippen molar-refractivity contribution in [3.8, 4) is 0 Å². The minimum Gasteiger partial charge on any atom is -0.468 e. The third kappa shape index (κ3) is 3.37. The topological polar surface area (TPSA) is 78.9 Å². The molecule has 0 atom stereocenters. The molecule has 0 bridgehead atoms. The minimum atomic E-state index is -1.38. The fourth-order valence-electron chi connectivity index (χ4n) is 2.75. The number of rotatable bonds is 4. The summed E-state index contributed by atoms with van der Waals surface area (Å²) in [6.45, 7) is 7.13. The van der Waals surface area contributed by atoms with E-state index in [2.05, 4.69) is 6.58 Å². The maximum atomic E-state index is 12.1. The summed E-state index contributed by atoms with van der Waals surface area (Å²) in [5.74, 6) is -1.15. The molecule has 0 spiro atoms. The molecule has 6 heteroatoms. The molecule has 1 saturated carbocycles. The second kappa shape index (κ2) is 7.24. The van der Waals surface area contributed by atoms with Gasteiger partial charge in [0.1, 0.15) is 5.76 Å². The van der Waals surface area contributed by atoms with Gasteiger partial charge in [-0.1, -0.05) is 13.5 Å². The Balaban J connectivity index is 3.16. The second-order valence-electron chi connectivity index (χ2n) is 5.19. The third-order valence-electron chi connectivity index (χ3n) is 3.82. The highest BCUT2D eigenvalue weighted by atomic mass is 16.5. The van der Waals surface area contributed by atoms with Crippen molar-refractivity contribution < 1.29 is 28.6 Å². The summed E-state index contributed by atoms with van der Waals surface area (Å²) >= 11 is 0. The summed E-state index contributed by atoms with van der Waals surface area (Å²) in [5.41, 5.74) is -0.0135. The first-order valence-corrected chi connectivity index (χ1v) is 7.07. The van der Waals surface area contributed by atoms with E-state index in [1.165, 1.54) is 21.1 Å². The van der Waals surface area contributed by atoms with Crippen molar-refractivity contribution in [1.29, 1.82) is 0 Å². The minimum absolute atomic E-state index is 0.0897. The van der Waals surface area contributed by atoms with Crippen molar-refractivity contribution in [3.05, 3.63) is 23.5 Å². The Morgan fingerprint density at radius 3 is 2.09 bits per heavy atom. The quantitative estimate of drug-likeness (QED) is 0.343. The van der Waals surface area contributed by atoms with Crippen molar-refractivity contribution in [1.82, 2.24) is 0 Å². The molecule has 22 heavy (non-hydrogen) atoms. The number of hydrogen-bond acceptors (Lipinski definition) is 6. The highest BCUT2D eigenvalue weighted by Gasteiger charge is 2.51. The van der Waals surface area contributed by atoms with Crippen LogP contribution < -0.4 is 0 Å². The maximum absolute atomic E-state index is 12.1. The van der Waals surface area contributed by atoms with Crippen molar-refractivity contribution in [2.75, 3.05) is 14.2 Å². The molecule has 0 radical (unpaired) electrons. The van der Waals surface area contributed by atoms with Gasteiger partial charge in [-0.2, -0.15) is 0 Å². The predicted molar refractivity (Wildman–Crippen MR) is 78.5 cm³/mol. The van der Waals surface area contributed by atoms with Gasteiger partial charge < -0.3 is 14.2 Å². The van der Waals surface area contributed by atoms with E-state index < -0.39 is 23.3 Å². The lowest BCUT2D eigenvalue weighted by Gasteiger charge is -2.34. The van der Waals surface area contributed by atoms with E-state index in [1.807, 2.05) is 6.92 Å². The fraction of sp³-hybridized carbons (Fsp3) is 0.562. The number of methoxy groups -OCH3 is 2. The molecule has 0 saturated heterocycles. The molecule has 0 aliphatic heterocycles. The molecular formula is C16H22O6. The fourth-order valence-corrected chi connectivity index (χ4v) is 2.75. The second-order valence-corrected chi connectivity index (χ2v) is 5.19. The van der Waals surface area contributed by atoms with Crippen LogP contribution >= 0.6 is 0 Å². The van der Waals surface area contributed by atoms with Crippen LogP contribution in [-0.2, 0) is 28.6 Å². The maximum Gasteiger partial charge on any atom is 0.323 e. The molecule has 6 nitrogen and oxygen atoms in total. The first-order valence-electron chi connectivity index (χ1n) is 7.07. The molecule has 0 N–H and O–H groups in total. The normalized spacial score (nSPS) is 19.2. The predicted octanol–water partition coefficient (Wildman–Crippen LogP) is 2.29. The number of carbonyl (C=O) groups excluding carboxylic acids is 3. The van der Waals surface area contributed by atoms with Gasteiger partial charge in [-0.3, -0.25) is 14.4 Å². The van der Waals surface area contributed by atoms with Crippen molar-refractivity contribution >= 4 is 17.9 Å². The molecule has 0 aromatic heterocycles. The molecule has 1 fully saturated rings. The van der Waals surface area contributed by atoms with E-state index in [1.54, 1.807) is 0 Å². The molecule has 122 valence electrons. The molecular weight excluding hydrogens is 288 g/mol. The van der Waals surface area contributed by atoms with Crippen LogP contribution in [0.5, 0.6) is 0 Å². The van der Waals surface area contributed by atoms with Gasteiger partial charge in [-0.25, -0.2) is 0 Å². The van der Waals surface area contributed by atoms with Gasteiger partial charge in [-0.15, -0.1) is 0 Å². The van der Waals surface area contributed by atoms with E-state index in [0.717, 1.165) is 5.57 Å². The van der Waals surface area contributed by atoms with Crippen LogP contribution in [0.25, 0.3) is 0 Å². The monoisotopic (exact) mass is 310 g/mol. The number of allylic oxidation sites excluding steroid dienone is 3. The lowest BCUT2D eigenvalue weighted by molar-refractivity contribution is -0.170. The van der Waals surface area contributed by atoms with Gasteiger partial charge in [0.2, 0.25) is 0 Å². The van der Waals surface area contributed by atoms with E-state index in [9.17, 15) is 14.4 Å². The summed E-state index contributed by atoms with van der Waals surface area (Å²) in [5, 5.41) is 0. The summed E-state index contributed by atoms with van der Waals surface area (Å²) in [7, 11) is 2.47. The third-order valence-corrected chi connectivity index (χ3v) is 3.82. The number of hydrogen-bond donors (Lipinski definition) is 0. The van der Waals surface area contributed by atoms with Gasteiger partial charge in [-0.05, 0) is 30.4 Å². The first kappa shape index (κ1) is 17.9. The van der Waals surface area contributed by atoms with Crippen LogP contribution in [0.4, 0.5) is 0 Å². The summed E-state index contributed by atoms with van der Waals surface area (Å²) in [6.07, 6.45) is 1.23. The van der Waals surface area contributed by atoms with Gasteiger partial charge in [0, 0.05) is 13.3 Å². The zero-order valence-electron chi connectivity index (χ0n) is 13.5. The van der Waals surface area contributed by atoms with Crippen LogP contribution in [0.1, 0.15) is 39.5 Å². The van der Waals surface area contributed by atoms with Gasteiger partial charge in [0.05, 0.1) is 14.2 Å². The molecule has 0 amide bonds. The smallest absolute Gasteiger partial charge is 0.323 e. The Hall–Kier alpha value is -2.11. The van der Waals surface area contributed by atoms with Crippen molar-refractivity contribution in [2.45, 2.75) is 39.5 Å². The van der Waals surface area contributed by atoms with E-state index in [0.29, 0.717) is 24.2 Å². The Morgan fingerprint density at radius 1 is 1.18 bits per heavy atom. The number of carbonyl (C=O) groups is 3. The van der Waals surface area contributed by atoms with Crippen LogP contribution in [0, 0.1) is 5.41 Å². The van der Waals surface area contributed by atoms with E-state index >= 15 is 0 Å². The number of ether oxygens (including phenoxy) is 3. The SMILES string of the molecule is C=C1CC(C(=O)OC)(C(=O)OC)CC/C1=C(/CC)OC(C)=O. The summed E-state index contributed by atoms with van der Waals surface area (Å²) < 4.78 is 14.7. The molecule has 0 heterocycles. The lowest BCUT2D eigenvalue weighted by Crippen LogP contribution is -2.43. The van der Waals surface area contributed by atoms with Gasteiger partial charge in [0.15, 0.2) is 5.41 Å². The summed E-state index contributed by atoms with van der Waals surface area (Å²) in [4.78, 5) is 35.4. The average Bonchev–Trinajstić information content (AvgIpc) is 2.50. The van der Waals surface area contributed by atoms with E-state index in [4.69, 9.17) is 14.2 Å². The van der Waals surface area contributed by atoms with Crippen LogP contribution in [0.3, 0.4) is 0 Å². The molecule has 1 aliphatic carbocycles. The van der Waals surface area contributed by atoms with Crippen LogP contribution in [0.2, 0.25) is 0 Å². The Morgan fingerprint density at radius 2 is 1.73 bits per heavy atom. The number of esters is 3. The highest BCUT2D eigenvalue weighted by Crippen LogP contribution is 2.44. The molecule has 0 aromatic rings. The Kier molecular flexibility index (Phi) is 5.91. The highest BCUT2D eigenvalue weighted by molar-refractivity contribution is 6.00.